The Labute approximate surface area is 183 Å². The molecule has 0 spiro atoms. The Hall–Kier alpha value is -0.531. The van der Waals surface area contributed by atoms with Crippen LogP contribution in [0.25, 0.3) is 0 Å². The number of allylic oxidation sites excluding steroid dienone is 1. The Morgan fingerprint density at radius 3 is 2.03 bits per heavy atom. The molecule has 0 aromatic heterocycles. The van der Waals surface area contributed by atoms with E-state index in [1.807, 2.05) is 0 Å². The quantitative estimate of drug-likeness (QED) is 0.123. The summed E-state index contributed by atoms with van der Waals surface area (Å²) >= 11 is -2.27. The molecule has 6 heteroatoms. The topological polar surface area (TPSA) is 70.8 Å². The molecule has 2 atom stereocenters. The summed E-state index contributed by atoms with van der Waals surface area (Å²) < 4.78 is 22.8. The van der Waals surface area contributed by atoms with Crippen LogP contribution in [0.5, 0.6) is 0 Å². The number of hydrogen-bond donors (Lipinski definition) is 1. The molecule has 0 aliphatic rings. The number of carbonyl (C=O) groups excluding carboxylic acids is 1. The van der Waals surface area contributed by atoms with Crippen LogP contribution in [0.15, 0.2) is 22.8 Å². The minimum absolute atomic E-state index is 0.121. The molecule has 0 aliphatic carbocycles. The van der Waals surface area contributed by atoms with Gasteiger partial charge in [0.2, 0.25) is 0 Å². The van der Waals surface area contributed by atoms with Gasteiger partial charge in [-0.1, -0.05) is 0 Å². The van der Waals surface area contributed by atoms with Crippen LogP contribution in [-0.2, 0) is 14.2 Å². The van der Waals surface area contributed by atoms with E-state index >= 15 is 0 Å². The van der Waals surface area contributed by atoms with E-state index in [-0.39, 0.29) is 6.79 Å². The molecule has 0 saturated heterocycles. The predicted molar refractivity (Wildman–Crippen MR) is 125 cm³/mol. The number of unbranched alkanes of at least 4 members (excludes halogenated alkanes) is 3. The number of nitrogens with two attached hydrogens (primary N) is 1. The fourth-order valence-corrected chi connectivity index (χ4v) is 18.2. The van der Waals surface area contributed by atoms with Gasteiger partial charge in [-0.15, -0.1) is 0 Å². The maximum absolute atomic E-state index is 11.3. The average Bonchev–Trinajstić information content (AvgIpc) is 2.71. The molecule has 0 aromatic rings. The zero-order valence-electron chi connectivity index (χ0n) is 19.3. The van der Waals surface area contributed by atoms with Crippen molar-refractivity contribution < 1.29 is 19.0 Å². The number of amides is 1. The molecular weight excluding hydrogens is 473 g/mol. The number of ether oxygens (including phenoxy) is 3. The van der Waals surface area contributed by atoms with Gasteiger partial charge in [-0.3, -0.25) is 0 Å². The van der Waals surface area contributed by atoms with Crippen molar-refractivity contribution in [1.82, 2.24) is 0 Å². The molecule has 2 N–H and O–H groups in total. The van der Waals surface area contributed by atoms with E-state index in [0.717, 1.165) is 6.42 Å². The standard InChI is InChI=1S/C11H18NO4.3C4H9.Sn/c1-4-6-7-10(16-11(12)13)9(5-2)15-8-14-3;3*1-3-4-2;/h1,4-5,9-10H,2,6-8H2,3H3,(H2,12,13);3*1,3-4H2,2H3;/t9-,10-;;;;/m1..../s1. The first-order valence-electron chi connectivity index (χ1n) is 11.3. The van der Waals surface area contributed by atoms with Crippen LogP contribution < -0.4 is 5.73 Å². The van der Waals surface area contributed by atoms with Crippen LogP contribution in [0.4, 0.5) is 4.79 Å². The monoisotopic (exact) mass is 519 g/mol. The van der Waals surface area contributed by atoms with Crippen LogP contribution >= 0.6 is 0 Å². The summed E-state index contributed by atoms with van der Waals surface area (Å²) in [7, 11) is 1.56. The van der Waals surface area contributed by atoms with Gasteiger partial charge in [0.25, 0.3) is 0 Å². The second-order valence-corrected chi connectivity index (χ2v) is 20.9. The third-order valence-electron chi connectivity index (χ3n) is 5.42. The van der Waals surface area contributed by atoms with Gasteiger partial charge in [-0.2, -0.15) is 0 Å². The zero-order chi connectivity index (χ0) is 22.0. The zero-order valence-corrected chi connectivity index (χ0v) is 22.1. The van der Waals surface area contributed by atoms with Crippen LogP contribution in [-0.4, -0.2) is 50.6 Å². The number of hydrogen-bond acceptors (Lipinski definition) is 4. The molecule has 170 valence electrons. The summed E-state index contributed by atoms with van der Waals surface area (Å²) in [5.74, 6) is 0. The van der Waals surface area contributed by atoms with E-state index in [2.05, 4.69) is 37.5 Å². The Balaban J connectivity index is 5.12. The number of methoxy groups -OCH3 is 1. The van der Waals surface area contributed by atoms with Crippen molar-refractivity contribution in [2.45, 2.75) is 97.7 Å². The van der Waals surface area contributed by atoms with Crippen molar-refractivity contribution >= 4 is 24.5 Å². The molecule has 0 rings (SSSR count). The number of primary amides is 1. The molecule has 5 nitrogen and oxygen atoms in total. The summed E-state index contributed by atoms with van der Waals surface area (Å²) in [5.41, 5.74) is 5.26. The molecule has 29 heavy (non-hydrogen) atoms. The third-order valence-corrected chi connectivity index (χ3v) is 19.7. The molecule has 0 aliphatic heterocycles. The van der Waals surface area contributed by atoms with E-state index in [0.29, 0.717) is 6.42 Å². The van der Waals surface area contributed by atoms with Crippen LogP contribution in [0.2, 0.25) is 13.3 Å². The van der Waals surface area contributed by atoms with Gasteiger partial charge in [-0.25, -0.2) is 0 Å². The fourth-order valence-electron chi connectivity index (χ4n) is 3.72. The summed E-state index contributed by atoms with van der Waals surface area (Å²) in [6.45, 7) is 10.8. The van der Waals surface area contributed by atoms with Crippen molar-refractivity contribution in [1.29, 1.82) is 0 Å². The maximum atomic E-state index is 11.3. The summed E-state index contributed by atoms with van der Waals surface area (Å²) in [6, 6.07) is 0. The van der Waals surface area contributed by atoms with E-state index in [4.69, 9.17) is 19.9 Å². The van der Waals surface area contributed by atoms with Crippen LogP contribution in [0.3, 0.4) is 0 Å². The van der Waals surface area contributed by atoms with Gasteiger partial charge in [-0.05, 0) is 0 Å². The van der Waals surface area contributed by atoms with Crippen LogP contribution in [0.1, 0.15) is 72.1 Å². The molecule has 0 unspecified atom stereocenters. The first-order chi connectivity index (χ1) is 14.0. The molecule has 0 radical (unpaired) electrons. The molecule has 1 amide bonds. The Morgan fingerprint density at radius 1 is 1.07 bits per heavy atom. The minimum atomic E-state index is -2.27. The number of carbonyl (C=O) groups is 1. The summed E-state index contributed by atoms with van der Waals surface area (Å²) in [5, 5.41) is 0. The van der Waals surface area contributed by atoms with Crippen molar-refractivity contribution in [3.8, 4) is 0 Å². The Morgan fingerprint density at radius 2 is 1.62 bits per heavy atom. The molecular formula is C23H45NO4Sn. The van der Waals surface area contributed by atoms with Gasteiger partial charge < -0.3 is 0 Å². The van der Waals surface area contributed by atoms with Gasteiger partial charge in [0.1, 0.15) is 0 Å². The molecule has 0 aromatic carbocycles. The second kappa shape index (κ2) is 18.3. The van der Waals surface area contributed by atoms with Gasteiger partial charge in [0, 0.05) is 0 Å². The number of rotatable bonds is 19. The molecule has 0 heterocycles. The normalized spacial score (nSPS) is 14.1. The fraction of sp³-hybridized carbons (Fsp3) is 0.783. The SMILES string of the molecule is C=C[C@@H](OCOC)[C@@H](CC/C=[CH]/[Sn]([CH2]CCC)([CH2]CCC)[CH2]CCC)OC(N)=O. The molecule has 0 saturated carbocycles. The first-order valence-corrected chi connectivity index (χ1v) is 19.1. The molecule has 0 bridgehead atoms. The van der Waals surface area contributed by atoms with Gasteiger partial charge in [0.15, 0.2) is 0 Å². The molecule has 0 fully saturated rings. The second-order valence-electron chi connectivity index (χ2n) is 7.90. The van der Waals surface area contributed by atoms with Gasteiger partial charge in [0.05, 0.1) is 0 Å². The average molecular weight is 518 g/mol. The summed E-state index contributed by atoms with van der Waals surface area (Å²) in [6.07, 6.45) is 11.7. The van der Waals surface area contributed by atoms with E-state index < -0.39 is 36.7 Å². The van der Waals surface area contributed by atoms with Crippen molar-refractivity contribution in [3.05, 3.63) is 22.8 Å². The first kappa shape index (κ1) is 28.5. The van der Waals surface area contributed by atoms with Crippen molar-refractivity contribution in [2.24, 2.45) is 5.73 Å². The van der Waals surface area contributed by atoms with Crippen molar-refractivity contribution in [2.75, 3.05) is 13.9 Å². The van der Waals surface area contributed by atoms with E-state index in [1.54, 1.807) is 13.2 Å². The van der Waals surface area contributed by atoms with E-state index in [9.17, 15) is 4.79 Å². The van der Waals surface area contributed by atoms with Gasteiger partial charge >= 0.3 is 184 Å². The predicted octanol–water partition coefficient (Wildman–Crippen LogP) is 6.35. The third kappa shape index (κ3) is 13.4. The summed E-state index contributed by atoms with van der Waals surface area (Å²) in [4.78, 5) is 11.3. The van der Waals surface area contributed by atoms with E-state index in [1.165, 1.54) is 51.8 Å². The van der Waals surface area contributed by atoms with Crippen LogP contribution in [0, 0.1) is 0 Å². The van der Waals surface area contributed by atoms with Crippen molar-refractivity contribution in [3.63, 3.8) is 0 Å². The Bertz CT molecular complexity index is 434. The Kier molecular flexibility index (Phi) is 17.9.